The monoisotopic (exact) mass is 485 g/mol. The quantitative estimate of drug-likeness (QED) is 0.377. The van der Waals surface area contributed by atoms with Crippen LogP contribution in [-0.4, -0.2) is 16.1 Å². The van der Waals surface area contributed by atoms with Gasteiger partial charge in [0.15, 0.2) is 0 Å². The first-order chi connectivity index (χ1) is 15.9. The highest BCUT2D eigenvalue weighted by Crippen LogP contribution is 2.43. The summed E-state index contributed by atoms with van der Waals surface area (Å²) >= 11 is 12.7. The Morgan fingerprint density at radius 3 is 2.61 bits per heavy atom. The topological polar surface area (TPSA) is 59.4 Å². The molecule has 0 saturated heterocycles. The van der Waals surface area contributed by atoms with Gasteiger partial charge in [0.2, 0.25) is 0 Å². The maximum absolute atomic E-state index is 13.3. The van der Waals surface area contributed by atoms with E-state index in [4.69, 9.17) is 27.9 Å². The highest BCUT2D eigenvalue weighted by atomic mass is 35.5. The van der Waals surface area contributed by atoms with E-state index in [-0.39, 0.29) is 12.2 Å². The molecule has 1 aromatic heterocycles. The smallest absolute Gasteiger partial charge is 0.337 e. The van der Waals surface area contributed by atoms with Crippen molar-refractivity contribution in [1.29, 1.82) is 0 Å². The fourth-order valence-electron chi connectivity index (χ4n) is 4.11. The lowest BCUT2D eigenvalue weighted by molar-refractivity contribution is 0.0695. The second kappa shape index (κ2) is 9.94. The molecule has 0 aliphatic heterocycles. The summed E-state index contributed by atoms with van der Waals surface area (Å²) in [5, 5.41) is 10.5. The van der Waals surface area contributed by atoms with Crippen molar-refractivity contribution in [3.8, 4) is 5.75 Å². The number of ether oxygens (including phenoxy) is 1. The Bertz CT molecular complexity index is 1260. The van der Waals surface area contributed by atoms with Gasteiger partial charge >= 0.3 is 5.97 Å². The lowest BCUT2D eigenvalue weighted by Crippen LogP contribution is -2.05. The molecular weight excluding hydrogens is 464 g/mol. The van der Waals surface area contributed by atoms with Crippen LogP contribution in [0.2, 0.25) is 10.0 Å². The molecular formula is C26H22Cl2FNO3. The van der Waals surface area contributed by atoms with Gasteiger partial charge in [-0.15, -0.1) is 0 Å². The van der Waals surface area contributed by atoms with Crippen molar-refractivity contribution < 1.29 is 19.0 Å². The third-order valence-corrected chi connectivity index (χ3v) is 6.46. The normalized spacial score (nSPS) is 13.5. The summed E-state index contributed by atoms with van der Waals surface area (Å²) in [6.07, 6.45) is 4.87. The number of aryl methyl sites for hydroxylation is 1. The van der Waals surface area contributed by atoms with Gasteiger partial charge in [-0.2, -0.15) is 0 Å². The average Bonchev–Trinajstić information content (AvgIpc) is 3.28. The Labute approximate surface area is 201 Å². The first kappa shape index (κ1) is 23.3. The van der Waals surface area contributed by atoms with Gasteiger partial charge in [0.05, 0.1) is 16.3 Å². The van der Waals surface area contributed by atoms with E-state index in [1.807, 2.05) is 13.0 Å². The highest BCUT2D eigenvalue weighted by molar-refractivity contribution is 6.32. The number of aromatic carboxylic acids is 1. The van der Waals surface area contributed by atoms with Crippen molar-refractivity contribution in [2.45, 2.75) is 39.2 Å². The van der Waals surface area contributed by atoms with Crippen molar-refractivity contribution >= 4 is 40.3 Å². The summed E-state index contributed by atoms with van der Waals surface area (Å²) in [6, 6.07) is 11.3. The van der Waals surface area contributed by atoms with Crippen LogP contribution in [0.4, 0.5) is 4.39 Å². The Kier molecular flexibility index (Phi) is 7.01. The second-order valence-corrected chi connectivity index (χ2v) is 8.67. The van der Waals surface area contributed by atoms with Gasteiger partial charge in [0, 0.05) is 22.3 Å². The molecule has 0 fully saturated rings. The zero-order valence-electron chi connectivity index (χ0n) is 18.0. The van der Waals surface area contributed by atoms with Crippen molar-refractivity contribution in [1.82, 2.24) is 4.98 Å². The molecule has 0 unspecified atom stereocenters. The van der Waals surface area contributed by atoms with Crippen LogP contribution in [0.1, 0.15) is 58.9 Å². The SMILES string of the molecule is CCc1ncc(C2=C(c3cc(OCc4ccc(F)cc4Cl)ccc3Cl)CCC2)cc1C(=O)O. The van der Waals surface area contributed by atoms with Gasteiger partial charge in [-0.1, -0.05) is 36.2 Å². The predicted octanol–water partition coefficient (Wildman–Crippen LogP) is 7.46. The van der Waals surface area contributed by atoms with Crippen molar-refractivity contribution in [3.63, 3.8) is 0 Å². The van der Waals surface area contributed by atoms with Crippen LogP contribution < -0.4 is 4.74 Å². The molecule has 170 valence electrons. The van der Waals surface area contributed by atoms with Gasteiger partial charge in [-0.3, -0.25) is 4.98 Å². The number of aromatic nitrogens is 1. The van der Waals surface area contributed by atoms with Crippen molar-refractivity contribution in [2.24, 2.45) is 0 Å². The Balaban J connectivity index is 1.67. The minimum atomic E-state index is -0.978. The molecule has 1 N–H and O–H groups in total. The number of rotatable bonds is 7. The zero-order valence-corrected chi connectivity index (χ0v) is 19.5. The first-order valence-corrected chi connectivity index (χ1v) is 11.4. The minimum absolute atomic E-state index is 0.191. The fraction of sp³-hybridized carbons (Fsp3) is 0.231. The van der Waals surface area contributed by atoms with Crippen LogP contribution in [0.5, 0.6) is 5.75 Å². The molecule has 0 saturated carbocycles. The van der Waals surface area contributed by atoms with Crippen LogP contribution in [-0.2, 0) is 13.0 Å². The van der Waals surface area contributed by atoms with E-state index in [2.05, 4.69) is 4.98 Å². The number of carboxylic acids is 1. The van der Waals surface area contributed by atoms with E-state index in [0.29, 0.717) is 33.5 Å². The Morgan fingerprint density at radius 2 is 1.88 bits per heavy atom. The third-order valence-electron chi connectivity index (χ3n) is 5.77. The molecule has 0 radical (unpaired) electrons. The fourth-order valence-corrected chi connectivity index (χ4v) is 4.56. The molecule has 1 aliphatic rings. The maximum atomic E-state index is 13.3. The zero-order chi connectivity index (χ0) is 23.5. The number of allylic oxidation sites excluding steroid dienone is 2. The third kappa shape index (κ3) is 5.05. The van der Waals surface area contributed by atoms with Gasteiger partial charge in [-0.05, 0) is 78.8 Å². The number of hydrogen-bond donors (Lipinski definition) is 1. The molecule has 4 rings (SSSR count). The summed E-state index contributed by atoms with van der Waals surface area (Å²) in [4.78, 5) is 16.1. The average molecular weight is 486 g/mol. The van der Waals surface area contributed by atoms with Crippen molar-refractivity contribution in [3.05, 3.63) is 92.5 Å². The van der Waals surface area contributed by atoms with Crippen LogP contribution in [0, 0.1) is 5.82 Å². The number of pyridine rings is 1. The molecule has 7 heteroatoms. The van der Waals surface area contributed by atoms with Gasteiger partial charge in [0.25, 0.3) is 0 Å². The number of carboxylic acid groups (broad SMARTS) is 1. The largest absolute Gasteiger partial charge is 0.489 e. The van der Waals surface area contributed by atoms with Gasteiger partial charge in [0.1, 0.15) is 18.2 Å². The second-order valence-electron chi connectivity index (χ2n) is 7.85. The van der Waals surface area contributed by atoms with E-state index < -0.39 is 11.8 Å². The predicted molar refractivity (Wildman–Crippen MR) is 128 cm³/mol. The highest BCUT2D eigenvalue weighted by Gasteiger charge is 2.22. The molecule has 0 spiro atoms. The van der Waals surface area contributed by atoms with E-state index >= 15 is 0 Å². The lowest BCUT2D eigenvalue weighted by Gasteiger charge is -2.14. The first-order valence-electron chi connectivity index (χ1n) is 10.7. The molecule has 0 amide bonds. The number of nitrogens with zero attached hydrogens (tertiary/aromatic N) is 1. The van der Waals surface area contributed by atoms with Crippen molar-refractivity contribution in [2.75, 3.05) is 0 Å². The Morgan fingerprint density at radius 1 is 1.09 bits per heavy atom. The number of carbonyl (C=O) groups is 1. The van der Waals surface area contributed by atoms with E-state index in [0.717, 1.165) is 41.5 Å². The molecule has 2 aromatic carbocycles. The summed E-state index contributed by atoms with van der Waals surface area (Å²) < 4.78 is 19.2. The standard InChI is InChI=1S/C26H22Cl2FNO3/c1-2-25-22(26(31)32)10-16(13-30-25)19-4-3-5-20(19)21-12-18(8-9-23(21)27)33-14-15-6-7-17(29)11-24(15)28/h6-13H,2-5,14H2,1H3,(H,31,32). The summed E-state index contributed by atoms with van der Waals surface area (Å²) in [6.45, 7) is 2.08. The molecule has 4 nitrogen and oxygen atoms in total. The molecule has 0 atom stereocenters. The van der Waals surface area contributed by atoms with Crippen LogP contribution in [0.3, 0.4) is 0 Å². The van der Waals surface area contributed by atoms with E-state index in [9.17, 15) is 14.3 Å². The van der Waals surface area contributed by atoms with Gasteiger partial charge < -0.3 is 9.84 Å². The molecule has 1 heterocycles. The maximum Gasteiger partial charge on any atom is 0.337 e. The van der Waals surface area contributed by atoms with Crippen LogP contribution in [0.15, 0.2) is 48.7 Å². The number of benzene rings is 2. The molecule has 3 aromatic rings. The van der Waals surface area contributed by atoms with E-state index in [1.165, 1.54) is 12.1 Å². The van der Waals surface area contributed by atoms with Crippen LogP contribution >= 0.6 is 23.2 Å². The number of hydrogen-bond acceptors (Lipinski definition) is 3. The van der Waals surface area contributed by atoms with Gasteiger partial charge in [-0.25, -0.2) is 9.18 Å². The summed E-state index contributed by atoms with van der Waals surface area (Å²) in [7, 11) is 0. The molecule has 33 heavy (non-hydrogen) atoms. The Hall–Kier alpha value is -2.89. The number of halogens is 3. The molecule has 0 bridgehead atoms. The minimum Gasteiger partial charge on any atom is -0.489 e. The lowest BCUT2D eigenvalue weighted by atomic mass is 9.96. The molecule has 1 aliphatic carbocycles. The van der Waals surface area contributed by atoms with Crippen LogP contribution in [0.25, 0.3) is 11.1 Å². The summed E-state index contributed by atoms with van der Waals surface area (Å²) in [5.41, 5.74) is 5.24. The van der Waals surface area contributed by atoms with E-state index in [1.54, 1.807) is 30.5 Å². The summed E-state index contributed by atoms with van der Waals surface area (Å²) in [5.74, 6) is -0.765.